The fourth-order valence-corrected chi connectivity index (χ4v) is 8.63. The lowest BCUT2D eigenvalue weighted by Gasteiger charge is -2.44. The van der Waals surface area contributed by atoms with E-state index < -0.39 is 17.8 Å². The summed E-state index contributed by atoms with van der Waals surface area (Å²) in [6.45, 7) is 2.12. The number of hydrogen-bond acceptors (Lipinski definition) is 6. The minimum atomic E-state index is -0.779. The minimum absolute atomic E-state index is 0.0743. The molecule has 266 valence electrons. The molecule has 0 aliphatic carbocycles. The summed E-state index contributed by atoms with van der Waals surface area (Å²) in [7, 11) is 1.53. The number of imide groups is 2. The molecule has 5 aromatic rings. The van der Waals surface area contributed by atoms with Crippen molar-refractivity contribution >= 4 is 69.5 Å². The van der Waals surface area contributed by atoms with Crippen molar-refractivity contribution in [2.24, 2.45) is 0 Å². The van der Waals surface area contributed by atoms with Crippen LogP contribution in [0.2, 0.25) is 5.02 Å². The third kappa shape index (κ3) is 6.79. The van der Waals surface area contributed by atoms with Crippen LogP contribution in [0.5, 0.6) is 11.5 Å². The van der Waals surface area contributed by atoms with Gasteiger partial charge in [0.25, 0.3) is 11.8 Å². The van der Waals surface area contributed by atoms with Crippen molar-refractivity contribution in [3.8, 4) is 11.5 Å². The molecule has 1 N–H and O–H groups in total. The summed E-state index contributed by atoms with van der Waals surface area (Å²) < 4.78 is 12.5. The van der Waals surface area contributed by atoms with E-state index in [2.05, 4.69) is 57.1 Å². The minimum Gasteiger partial charge on any atom is -0.493 e. The number of carbonyl (C=O) groups excluding carboxylic acids is 3. The molecule has 1 fully saturated rings. The first-order chi connectivity index (χ1) is 25.8. The third-order valence-electron chi connectivity index (χ3n) is 10.2. The molecule has 8 nitrogen and oxygen atoms in total. The van der Waals surface area contributed by atoms with Gasteiger partial charge in [-0.2, -0.15) is 0 Å². The summed E-state index contributed by atoms with van der Waals surface area (Å²) in [5.41, 5.74) is 7.44. The number of carbonyl (C=O) groups is 3. The van der Waals surface area contributed by atoms with Gasteiger partial charge in [-0.25, -0.2) is 9.69 Å². The SMILES string of the molecule is COc1cc(/C=C2\C(=O)NC(=O)N(c3cc4c5c(c3)[C@H](c3ccccc3)CCN5CC[C@H]4c3ccccc3)C2=O)cc(I)c1OCc1ccc(Cl)cc1. The highest BCUT2D eigenvalue weighted by atomic mass is 127. The number of amides is 4. The van der Waals surface area contributed by atoms with Crippen LogP contribution in [0.1, 0.15) is 58.1 Å². The highest BCUT2D eigenvalue weighted by Gasteiger charge is 2.40. The molecule has 0 bridgehead atoms. The third-order valence-corrected chi connectivity index (χ3v) is 11.3. The van der Waals surface area contributed by atoms with E-state index in [4.69, 9.17) is 21.1 Å². The zero-order chi connectivity index (χ0) is 36.6. The molecule has 8 rings (SSSR count). The number of hydrogen-bond donors (Lipinski definition) is 1. The summed E-state index contributed by atoms with van der Waals surface area (Å²) >= 11 is 8.18. The Morgan fingerprint density at radius 3 is 2.02 bits per heavy atom. The van der Waals surface area contributed by atoms with Crippen molar-refractivity contribution in [2.75, 3.05) is 30.0 Å². The van der Waals surface area contributed by atoms with Gasteiger partial charge in [-0.3, -0.25) is 14.9 Å². The first-order valence-corrected chi connectivity index (χ1v) is 18.9. The highest BCUT2D eigenvalue weighted by Crippen LogP contribution is 2.50. The van der Waals surface area contributed by atoms with E-state index in [1.807, 2.05) is 60.7 Å². The van der Waals surface area contributed by atoms with Gasteiger partial charge in [0.1, 0.15) is 12.2 Å². The topological polar surface area (TPSA) is 88.2 Å². The number of barbiturate groups is 1. The number of ether oxygens (including phenoxy) is 2. The van der Waals surface area contributed by atoms with E-state index in [0.29, 0.717) is 34.4 Å². The number of halogens is 2. The fraction of sp³-hybridized carbons (Fsp3) is 0.186. The van der Waals surface area contributed by atoms with Gasteiger partial charge >= 0.3 is 6.03 Å². The van der Waals surface area contributed by atoms with Crippen LogP contribution in [0, 0.1) is 3.57 Å². The standard InChI is InChI=1S/C43H35ClIN3O5/c1-52-38-22-27(21-37(45)40(38)53-25-26-12-14-30(44)15-13-26)20-36-41(49)46-43(51)48(42(36)50)31-23-34-32(28-8-4-2-5-9-28)16-18-47-19-17-33(35(24-31)39(34)47)29-10-6-3-7-11-29/h2-15,20-24,32-33H,16-19,25H2,1H3,(H,46,49,51)/b36-20+/t32-,33-/m0/s1. The summed E-state index contributed by atoms with van der Waals surface area (Å²) in [5, 5.41) is 3.07. The number of nitrogens with one attached hydrogen (secondary N) is 1. The number of urea groups is 1. The molecule has 53 heavy (non-hydrogen) atoms. The van der Waals surface area contributed by atoms with Gasteiger partial charge in [-0.05, 0) is 111 Å². The van der Waals surface area contributed by atoms with Crippen LogP contribution in [0.3, 0.4) is 0 Å². The quantitative estimate of drug-likeness (QED) is 0.0954. The molecule has 3 aliphatic rings. The lowest BCUT2D eigenvalue weighted by Crippen LogP contribution is -2.54. The predicted molar refractivity (Wildman–Crippen MR) is 215 cm³/mol. The molecule has 0 radical (unpaired) electrons. The molecule has 0 spiro atoms. The Morgan fingerprint density at radius 1 is 0.830 bits per heavy atom. The second-order valence-electron chi connectivity index (χ2n) is 13.4. The molecule has 10 heteroatoms. The molecule has 1 saturated heterocycles. The van der Waals surface area contributed by atoms with E-state index >= 15 is 0 Å². The molecular weight excluding hydrogens is 801 g/mol. The van der Waals surface area contributed by atoms with Crippen molar-refractivity contribution in [1.82, 2.24) is 5.32 Å². The zero-order valence-corrected chi connectivity index (χ0v) is 31.8. The van der Waals surface area contributed by atoms with E-state index in [1.54, 1.807) is 24.3 Å². The zero-order valence-electron chi connectivity index (χ0n) is 28.9. The molecule has 4 amide bonds. The maximum absolute atomic E-state index is 14.4. The average molecular weight is 836 g/mol. The monoisotopic (exact) mass is 835 g/mol. The van der Waals surface area contributed by atoms with Crippen molar-refractivity contribution < 1.29 is 23.9 Å². The van der Waals surface area contributed by atoms with Crippen LogP contribution in [0.4, 0.5) is 16.2 Å². The summed E-state index contributed by atoms with van der Waals surface area (Å²) in [4.78, 5) is 44.9. The van der Waals surface area contributed by atoms with Gasteiger partial charge in [0, 0.05) is 35.6 Å². The van der Waals surface area contributed by atoms with Crippen molar-refractivity contribution in [3.05, 3.63) is 157 Å². The Bertz CT molecular complexity index is 2190. The normalized spacial score (nSPS) is 18.8. The molecule has 0 unspecified atom stereocenters. The number of rotatable bonds is 8. The van der Waals surface area contributed by atoms with Crippen LogP contribution in [0.25, 0.3) is 6.08 Å². The number of methoxy groups -OCH3 is 1. The van der Waals surface area contributed by atoms with Gasteiger partial charge in [0.2, 0.25) is 0 Å². The van der Waals surface area contributed by atoms with Gasteiger partial charge in [-0.15, -0.1) is 0 Å². The number of anilines is 2. The Hall–Kier alpha value is -5.13. The van der Waals surface area contributed by atoms with E-state index in [0.717, 1.165) is 51.1 Å². The molecule has 5 aromatic carbocycles. The van der Waals surface area contributed by atoms with Gasteiger partial charge in [0.15, 0.2) is 11.5 Å². The van der Waals surface area contributed by atoms with E-state index in [-0.39, 0.29) is 17.4 Å². The number of nitrogens with zero attached hydrogens (tertiary/aromatic N) is 2. The first kappa shape index (κ1) is 34.9. The van der Waals surface area contributed by atoms with Crippen LogP contribution in [-0.4, -0.2) is 38.0 Å². The molecule has 0 saturated carbocycles. The van der Waals surface area contributed by atoms with Gasteiger partial charge in [-0.1, -0.05) is 84.4 Å². The Morgan fingerprint density at radius 2 is 1.43 bits per heavy atom. The van der Waals surface area contributed by atoms with Crippen LogP contribution in [0.15, 0.2) is 115 Å². The molecule has 0 aromatic heterocycles. The smallest absolute Gasteiger partial charge is 0.335 e. The number of benzene rings is 5. The summed E-state index contributed by atoms with van der Waals surface area (Å²) in [6.07, 6.45) is 3.30. The lowest BCUT2D eigenvalue weighted by molar-refractivity contribution is -0.122. The Kier molecular flexibility index (Phi) is 9.70. The molecule has 3 heterocycles. The van der Waals surface area contributed by atoms with E-state index in [9.17, 15) is 14.4 Å². The maximum Gasteiger partial charge on any atom is 0.335 e. The maximum atomic E-state index is 14.4. The Labute approximate surface area is 326 Å². The van der Waals surface area contributed by atoms with E-state index in [1.165, 1.54) is 30.0 Å². The van der Waals surface area contributed by atoms with Gasteiger partial charge < -0.3 is 14.4 Å². The van der Waals surface area contributed by atoms with Crippen molar-refractivity contribution in [3.63, 3.8) is 0 Å². The molecule has 3 aliphatic heterocycles. The lowest BCUT2D eigenvalue weighted by atomic mass is 9.76. The van der Waals surface area contributed by atoms with Crippen LogP contribution in [-0.2, 0) is 16.2 Å². The first-order valence-electron chi connectivity index (χ1n) is 17.5. The van der Waals surface area contributed by atoms with Crippen LogP contribution >= 0.6 is 34.2 Å². The Balaban J connectivity index is 1.18. The summed E-state index contributed by atoms with van der Waals surface area (Å²) in [6, 6.07) is 34.8. The summed E-state index contributed by atoms with van der Waals surface area (Å²) in [5.74, 6) is -0.344. The fourth-order valence-electron chi connectivity index (χ4n) is 7.73. The molecule has 2 atom stereocenters. The van der Waals surface area contributed by atoms with Crippen molar-refractivity contribution in [2.45, 2.75) is 31.3 Å². The molecular formula is C43H35ClIN3O5. The second-order valence-corrected chi connectivity index (χ2v) is 15.0. The predicted octanol–water partition coefficient (Wildman–Crippen LogP) is 9.08. The van der Waals surface area contributed by atoms with Gasteiger partial charge in [0.05, 0.1) is 16.4 Å². The average Bonchev–Trinajstić information content (AvgIpc) is 3.17. The van der Waals surface area contributed by atoms with Crippen molar-refractivity contribution in [1.29, 1.82) is 0 Å². The van der Waals surface area contributed by atoms with Crippen LogP contribution < -0.4 is 24.6 Å². The second kappa shape index (κ2) is 14.7. The highest BCUT2D eigenvalue weighted by molar-refractivity contribution is 14.1. The largest absolute Gasteiger partial charge is 0.493 e.